The largest absolute Gasteiger partial charge is 0.370 e. The summed E-state index contributed by atoms with van der Waals surface area (Å²) in [4.78, 5) is 18.8. The first-order valence-electron chi connectivity index (χ1n) is 9.45. The predicted molar refractivity (Wildman–Crippen MR) is 121 cm³/mol. The Bertz CT molecular complexity index is 1010. The van der Waals surface area contributed by atoms with E-state index in [1.54, 1.807) is 25.1 Å². The molecular formula is C22H24Cl2N4O. The van der Waals surface area contributed by atoms with Crippen molar-refractivity contribution in [1.29, 1.82) is 0 Å². The molecule has 5 nitrogen and oxygen atoms in total. The molecule has 152 valence electrons. The first-order valence-corrected chi connectivity index (χ1v) is 10.2. The highest BCUT2D eigenvalue weighted by Crippen LogP contribution is 2.23. The van der Waals surface area contributed by atoms with Crippen molar-refractivity contribution < 1.29 is 4.79 Å². The molecule has 0 spiro atoms. The Morgan fingerprint density at radius 2 is 1.83 bits per heavy atom. The fourth-order valence-electron chi connectivity index (χ4n) is 3.00. The van der Waals surface area contributed by atoms with Gasteiger partial charge in [0.05, 0.1) is 21.1 Å². The molecule has 1 amide bonds. The van der Waals surface area contributed by atoms with Gasteiger partial charge in [0.25, 0.3) is 5.91 Å². The van der Waals surface area contributed by atoms with Crippen molar-refractivity contribution in [3.8, 4) is 0 Å². The van der Waals surface area contributed by atoms with Gasteiger partial charge in [-0.15, -0.1) is 0 Å². The molecule has 3 aromatic rings. The summed E-state index contributed by atoms with van der Waals surface area (Å²) in [5, 5.41) is 8.71. The van der Waals surface area contributed by atoms with Crippen molar-refractivity contribution in [2.75, 3.05) is 32.5 Å². The number of halogens is 2. The van der Waals surface area contributed by atoms with Crippen molar-refractivity contribution in [3.63, 3.8) is 0 Å². The molecule has 0 aliphatic rings. The summed E-state index contributed by atoms with van der Waals surface area (Å²) < 4.78 is 0. The number of anilines is 1. The Labute approximate surface area is 181 Å². The summed E-state index contributed by atoms with van der Waals surface area (Å²) in [6.45, 7) is 2.31. The molecule has 0 aliphatic carbocycles. The zero-order chi connectivity index (χ0) is 20.8. The molecule has 0 fully saturated rings. The Kier molecular flexibility index (Phi) is 7.31. The molecule has 1 heterocycles. The summed E-state index contributed by atoms with van der Waals surface area (Å²) >= 11 is 12.0. The second kappa shape index (κ2) is 9.92. The second-order valence-electron chi connectivity index (χ2n) is 6.98. The van der Waals surface area contributed by atoms with E-state index in [2.05, 4.69) is 15.6 Å². The highest BCUT2D eigenvalue weighted by molar-refractivity contribution is 6.42. The summed E-state index contributed by atoms with van der Waals surface area (Å²) in [6, 6.07) is 15.2. The number of benzene rings is 2. The van der Waals surface area contributed by atoms with Crippen molar-refractivity contribution in [2.24, 2.45) is 0 Å². The van der Waals surface area contributed by atoms with E-state index in [-0.39, 0.29) is 5.91 Å². The van der Waals surface area contributed by atoms with E-state index in [1.807, 2.05) is 42.5 Å². The van der Waals surface area contributed by atoms with Gasteiger partial charge in [-0.1, -0.05) is 47.5 Å². The van der Waals surface area contributed by atoms with E-state index in [0.717, 1.165) is 42.5 Å². The number of amides is 1. The summed E-state index contributed by atoms with van der Waals surface area (Å²) in [5.74, 6) is 0.674. The van der Waals surface area contributed by atoms with Crippen LogP contribution in [0.2, 0.25) is 10.0 Å². The first kappa shape index (κ1) is 21.4. The Morgan fingerprint density at radius 3 is 2.59 bits per heavy atom. The third-order valence-corrected chi connectivity index (χ3v) is 5.24. The van der Waals surface area contributed by atoms with Crippen molar-refractivity contribution in [1.82, 2.24) is 15.2 Å². The van der Waals surface area contributed by atoms with Crippen LogP contribution in [0.1, 0.15) is 22.3 Å². The number of nitrogens with zero attached hydrogens (tertiary/aromatic N) is 2. The quantitative estimate of drug-likeness (QED) is 0.502. The Hall–Kier alpha value is -2.34. The summed E-state index contributed by atoms with van der Waals surface area (Å²) in [7, 11) is 3.51. The highest BCUT2D eigenvalue weighted by atomic mass is 35.5. The van der Waals surface area contributed by atoms with Gasteiger partial charge in [0.2, 0.25) is 0 Å². The van der Waals surface area contributed by atoms with Crippen LogP contribution in [0.4, 0.5) is 5.82 Å². The minimum Gasteiger partial charge on any atom is -0.370 e. The van der Waals surface area contributed by atoms with E-state index < -0.39 is 0 Å². The number of rotatable bonds is 8. The maximum atomic E-state index is 12.5. The van der Waals surface area contributed by atoms with Crippen LogP contribution in [-0.4, -0.2) is 43.0 Å². The maximum absolute atomic E-state index is 12.5. The van der Waals surface area contributed by atoms with Gasteiger partial charge in [0, 0.05) is 32.6 Å². The average Bonchev–Trinajstić information content (AvgIpc) is 2.71. The van der Waals surface area contributed by atoms with Gasteiger partial charge in [-0.05, 0) is 42.8 Å². The summed E-state index contributed by atoms with van der Waals surface area (Å²) in [6.07, 6.45) is 0.910. The monoisotopic (exact) mass is 430 g/mol. The molecule has 3 rings (SSSR count). The fourth-order valence-corrected chi connectivity index (χ4v) is 3.32. The van der Waals surface area contributed by atoms with Crippen LogP contribution in [0.3, 0.4) is 0 Å². The van der Waals surface area contributed by atoms with Gasteiger partial charge < -0.3 is 15.5 Å². The van der Waals surface area contributed by atoms with Gasteiger partial charge in [0.15, 0.2) is 0 Å². The number of hydrogen-bond donors (Lipinski definition) is 2. The SMILES string of the molecule is CN(C)C(=O)c1cc(NCCCNCc2ccc(Cl)c(Cl)c2)nc2ccccc12. The van der Waals surface area contributed by atoms with Crippen LogP contribution < -0.4 is 10.6 Å². The van der Waals surface area contributed by atoms with Gasteiger partial charge >= 0.3 is 0 Å². The molecule has 0 bridgehead atoms. The molecule has 0 aliphatic heterocycles. The van der Waals surface area contributed by atoms with E-state index in [9.17, 15) is 4.79 Å². The van der Waals surface area contributed by atoms with Crippen LogP contribution in [0.5, 0.6) is 0 Å². The molecule has 2 N–H and O–H groups in total. The van der Waals surface area contributed by atoms with Crippen LogP contribution >= 0.6 is 23.2 Å². The van der Waals surface area contributed by atoms with E-state index in [4.69, 9.17) is 23.2 Å². The molecule has 0 saturated heterocycles. The molecule has 0 radical (unpaired) electrons. The highest BCUT2D eigenvalue weighted by Gasteiger charge is 2.14. The van der Waals surface area contributed by atoms with Gasteiger partial charge in [0.1, 0.15) is 5.82 Å². The molecule has 0 atom stereocenters. The third-order valence-electron chi connectivity index (χ3n) is 4.50. The number of para-hydroxylation sites is 1. The van der Waals surface area contributed by atoms with Gasteiger partial charge in [-0.3, -0.25) is 4.79 Å². The van der Waals surface area contributed by atoms with Crippen LogP contribution in [0.15, 0.2) is 48.5 Å². The Balaban J connectivity index is 1.55. The number of pyridine rings is 1. The van der Waals surface area contributed by atoms with Crippen molar-refractivity contribution in [2.45, 2.75) is 13.0 Å². The molecule has 2 aromatic carbocycles. The maximum Gasteiger partial charge on any atom is 0.254 e. The lowest BCUT2D eigenvalue weighted by Crippen LogP contribution is -2.22. The van der Waals surface area contributed by atoms with E-state index in [1.165, 1.54) is 0 Å². The number of carbonyl (C=O) groups is 1. The number of fused-ring (bicyclic) bond motifs is 1. The van der Waals surface area contributed by atoms with Crippen LogP contribution in [0, 0.1) is 0 Å². The lowest BCUT2D eigenvalue weighted by atomic mass is 10.1. The zero-order valence-corrected chi connectivity index (χ0v) is 18.0. The Morgan fingerprint density at radius 1 is 1.03 bits per heavy atom. The predicted octanol–water partition coefficient (Wildman–Crippen LogP) is 4.84. The molecular weight excluding hydrogens is 407 g/mol. The smallest absolute Gasteiger partial charge is 0.254 e. The zero-order valence-electron chi connectivity index (χ0n) is 16.5. The number of carbonyl (C=O) groups excluding carboxylic acids is 1. The molecule has 0 unspecified atom stereocenters. The van der Waals surface area contributed by atoms with Crippen LogP contribution in [0.25, 0.3) is 10.9 Å². The van der Waals surface area contributed by atoms with Gasteiger partial charge in [-0.25, -0.2) is 4.98 Å². The van der Waals surface area contributed by atoms with E-state index in [0.29, 0.717) is 21.4 Å². The lowest BCUT2D eigenvalue weighted by Gasteiger charge is -2.14. The molecule has 0 saturated carbocycles. The molecule has 7 heteroatoms. The number of nitrogens with one attached hydrogen (secondary N) is 2. The third kappa shape index (κ3) is 5.60. The molecule has 29 heavy (non-hydrogen) atoms. The first-order chi connectivity index (χ1) is 14.0. The average molecular weight is 431 g/mol. The normalized spacial score (nSPS) is 10.9. The lowest BCUT2D eigenvalue weighted by molar-refractivity contribution is 0.0829. The van der Waals surface area contributed by atoms with Gasteiger partial charge in [-0.2, -0.15) is 0 Å². The topological polar surface area (TPSA) is 57.3 Å². The van der Waals surface area contributed by atoms with E-state index >= 15 is 0 Å². The standard InChI is InChI=1S/C22H24Cl2N4O/c1-28(2)22(29)17-13-21(27-20-7-4-3-6-16(17)20)26-11-5-10-25-14-15-8-9-18(23)19(24)12-15/h3-4,6-9,12-13,25H,5,10-11,14H2,1-2H3,(H,26,27). The number of hydrogen-bond acceptors (Lipinski definition) is 4. The van der Waals surface area contributed by atoms with Crippen LogP contribution in [-0.2, 0) is 6.54 Å². The van der Waals surface area contributed by atoms with Crippen molar-refractivity contribution >= 4 is 45.8 Å². The second-order valence-corrected chi connectivity index (χ2v) is 7.79. The number of aromatic nitrogens is 1. The molecule has 1 aromatic heterocycles. The summed E-state index contributed by atoms with van der Waals surface area (Å²) in [5.41, 5.74) is 2.55. The van der Waals surface area contributed by atoms with Crippen molar-refractivity contribution in [3.05, 3.63) is 69.7 Å². The fraction of sp³-hybridized carbons (Fsp3) is 0.273. The minimum atomic E-state index is -0.0325. The minimum absolute atomic E-state index is 0.0325.